The average molecular weight is 333 g/mol. The van der Waals surface area contributed by atoms with Crippen molar-refractivity contribution in [2.45, 2.75) is 18.4 Å². The fourth-order valence-corrected chi connectivity index (χ4v) is 2.93. The predicted molar refractivity (Wildman–Crippen MR) is 79.8 cm³/mol. The lowest BCUT2D eigenvalue weighted by Crippen LogP contribution is -2.35. The van der Waals surface area contributed by atoms with Crippen LogP contribution in [0, 0.1) is 23.5 Å². The number of halogens is 3. The van der Waals surface area contributed by atoms with Gasteiger partial charge in [-0.2, -0.15) is 0 Å². The standard InChI is InChI=1S/C15H18F2N2O2.ClH/c16-12-3-1-2-9(14(12)17)10-4-11(10)15(21)19-6-8-5-18-7-13(8)20;/h1-3,8,10-11,13,18,20H,4-7H2,(H,19,21);1H. The minimum absolute atomic E-state index is 0. The first-order valence-corrected chi connectivity index (χ1v) is 7.18. The molecule has 1 heterocycles. The Hall–Kier alpha value is -1.24. The average Bonchev–Trinajstić information content (AvgIpc) is 3.15. The van der Waals surface area contributed by atoms with Crippen LogP contribution in [-0.2, 0) is 4.79 Å². The molecule has 122 valence electrons. The number of hydrogen-bond acceptors (Lipinski definition) is 3. The smallest absolute Gasteiger partial charge is 0.223 e. The van der Waals surface area contributed by atoms with Gasteiger partial charge in [-0.1, -0.05) is 12.1 Å². The Bertz CT molecular complexity index is 558. The Morgan fingerprint density at radius 2 is 2.14 bits per heavy atom. The van der Waals surface area contributed by atoms with Crippen molar-refractivity contribution in [1.29, 1.82) is 0 Å². The van der Waals surface area contributed by atoms with E-state index in [9.17, 15) is 18.7 Å². The maximum Gasteiger partial charge on any atom is 0.223 e. The number of hydrogen-bond donors (Lipinski definition) is 3. The van der Waals surface area contributed by atoms with Gasteiger partial charge in [-0.05, 0) is 24.0 Å². The van der Waals surface area contributed by atoms with E-state index in [1.807, 2.05) is 0 Å². The summed E-state index contributed by atoms with van der Waals surface area (Å²) in [6.45, 7) is 1.62. The summed E-state index contributed by atoms with van der Waals surface area (Å²) in [6, 6.07) is 4.06. The van der Waals surface area contributed by atoms with E-state index in [1.54, 1.807) is 0 Å². The van der Waals surface area contributed by atoms with Gasteiger partial charge in [-0.15, -0.1) is 12.4 Å². The Morgan fingerprint density at radius 1 is 1.36 bits per heavy atom. The first kappa shape index (κ1) is 17.1. The second-order valence-electron chi connectivity index (χ2n) is 5.82. The quantitative estimate of drug-likeness (QED) is 0.776. The van der Waals surface area contributed by atoms with E-state index < -0.39 is 17.7 Å². The Labute approximate surface area is 133 Å². The van der Waals surface area contributed by atoms with E-state index in [2.05, 4.69) is 10.6 Å². The lowest BCUT2D eigenvalue weighted by atomic mass is 10.1. The summed E-state index contributed by atoms with van der Waals surface area (Å²) in [4.78, 5) is 12.0. The van der Waals surface area contributed by atoms with Gasteiger partial charge in [-0.25, -0.2) is 8.78 Å². The minimum Gasteiger partial charge on any atom is -0.391 e. The van der Waals surface area contributed by atoms with E-state index >= 15 is 0 Å². The number of rotatable bonds is 4. The molecule has 1 aromatic rings. The van der Waals surface area contributed by atoms with Gasteiger partial charge >= 0.3 is 0 Å². The minimum atomic E-state index is -0.876. The molecule has 2 aliphatic rings. The number of β-amino-alcohol motifs (C(OH)–C–C–N with tert-alkyl or cyclic N) is 1. The van der Waals surface area contributed by atoms with Crippen molar-refractivity contribution in [2.75, 3.05) is 19.6 Å². The van der Waals surface area contributed by atoms with Crippen molar-refractivity contribution in [3.63, 3.8) is 0 Å². The maximum absolute atomic E-state index is 13.7. The molecular formula is C15H19ClF2N2O2. The molecule has 4 nitrogen and oxygen atoms in total. The lowest BCUT2D eigenvalue weighted by Gasteiger charge is -2.14. The molecule has 3 rings (SSSR count). The molecule has 0 aromatic heterocycles. The fraction of sp³-hybridized carbons (Fsp3) is 0.533. The van der Waals surface area contributed by atoms with Gasteiger partial charge in [0.15, 0.2) is 11.6 Å². The number of nitrogens with one attached hydrogen (secondary N) is 2. The van der Waals surface area contributed by atoms with E-state index in [0.717, 1.165) is 6.07 Å². The topological polar surface area (TPSA) is 61.4 Å². The monoisotopic (exact) mass is 332 g/mol. The summed E-state index contributed by atoms with van der Waals surface area (Å²) in [6.07, 6.45) is 0.0958. The molecule has 1 amide bonds. The third kappa shape index (κ3) is 3.39. The summed E-state index contributed by atoms with van der Waals surface area (Å²) in [5, 5.41) is 15.5. The zero-order valence-corrected chi connectivity index (χ0v) is 12.7. The second kappa shape index (κ2) is 6.89. The first-order valence-electron chi connectivity index (χ1n) is 7.18. The van der Waals surface area contributed by atoms with Crippen LogP contribution < -0.4 is 10.6 Å². The Balaban J connectivity index is 0.00000176. The van der Waals surface area contributed by atoms with Crippen molar-refractivity contribution >= 4 is 18.3 Å². The third-order valence-corrected chi connectivity index (χ3v) is 4.35. The number of aliphatic hydroxyl groups excluding tert-OH is 1. The van der Waals surface area contributed by atoms with E-state index in [1.165, 1.54) is 12.1 Å². The molecule has 0 radical (unpaired) electrons. The maximum atomic E-state index is 13.7. The van der Waals surface area contributed by atoms with Crippen LogP contribution in [0.4, 0.5) is 8.78 Å². The zero-order chi connectivity index (χ0) is 15.0. The number of carbonyl (C=O) groups is 1. The summed E-state index contributed by atoms with van der Waals surface area (Å²) in [7, 11) is 0. The molecule has 22 heavy (non-hydrogen) atoms. The highest BCUT2D eigenvalue weighted by Crippen LogP contribution is 2.48. The summed E-state index contributed by atoms with van der Waals surface area (Å²) in [5.41, 5.74) is 0.276. The largest absolute Gasteiger partial charge is 0.391 e. The van der Waals surface area contributed by atoms with Crippen molar-refractivity contribution in [3.8, 4) is 0 Å². The molecule has 1 saturated heterocycles. The van der Waals surface area contributed by atoms with Gasteiger partial charge in [0, 0.05) is 31.5 Å². The van der Waals surface area contributed by atoms with Crippen LogP contribution in [0.5, 0.6) is 0 Å². The molecule has 3 N–H and O–H groups in total. The highest BCUT2D eigenvalue weighted by atomic mass is 35.5. The van der Waals surface area contributed by atoms with Gasteiger partial charge < -0.3 is 15.7 Å². The lowest BCUT2D eigenvalue weighted by molar-refractivity contribution is -0.122. The Kier molecular flexibility index (Phi) is 5.36. The SMILES string of the molecule is Cl.O=C(NCC1CNCC1O)C1CC1c1cccc(F)c1F. The highest BCUT2D eigenvalue weighted by molar-refractivity contribution is 5.85. The van der Waals surface area contributed by atoms with Crippen molar-refractivity contribution < 1.29 is 18.7 Å². The Morgan fingerprint density at radius 3 is 2.82 bits per heavy atom. The van der Waals surface area contributed by atoms with Gasteiger partial charge in [0.05, 0.1) is 6.10 Å². The highest BCUT2D eigenvalue weighted by Gasteiger charge is 2.45. The molecule has 4 unspecified atom stereocenters. The van der Waals surface area contributed by atoms with Gasteiger partial charge in [0.25, 0.3) is 0 Å². The summed E-state index contributed by atoms with van der Waals surface area (Å²) in [5.74, 6) is -2.41. The van der Waals surface area contributed by atoms with Gasteiger partial charge in [0.2, 0.25) is 5.91 Å². The van der Waals surface area contributed by atoms with E-state index in [-0.39, 0.29) is 41.6 Å². The fourth-order valence-electron chi connectivity index (χ4n) is 2.93. The van der Waals surface area contributed by atoms with Crippen molar-refractivity contribution in [1.82, 2.24) is 10.6 Å². The molecule has 7 heteroatoms. The number of amides is 1. The van der Waals surface area contributed by atoms with Crippen LogP contribution in [0.25, 0.3) is 0 Å². The van der Waals surface area contributed by atoms with E-state index in [4.69, 9.17) is 0 Å². The van der Waals surface area contributed by atoms with Crippen LogP contribution >= 0.6 is 12.4 Å². The molecule has 0 bridgehead atoms. The number of benzene rings is 1. The number of aliphatic hydroxyl groups is 1. The van der Waals surface area contributed by atoms with E-state index in [0.29, 0.717) is 26.1 Å². The summed E-state index contributed by atoms with van der Waals surface area (Å²) < 4.78 is 26.8. The van der Waals surface area contributed by atoms with Crippen LogP contribution in [0.3, 0.4) is 0 Å². The van der Waals surface area contributed by atoms with Crippen LogP contribution in [0.1, 0.15) is 17.9 Å². The molecule has 0 spiro atoms. The zero-order valence-electron chi connectivity index (χ0n) is 11.9. The van der Waals surface area contributed by atoms with Gasteiger partial charge in [-0.3, -0.25) is 4.79 Å². The molecule has 2 fully saturated rings. The number of carbonyl (C=O) groups excluding carboxylic acids is 1. The first-order chi connectivity index (χ1) is 10.1. The third-order valence-electron chi connectivity index (χ3n) is 4.35. The predicted octanol–water partition coefficient (Wildman–Crippen LogP) is 1.19. The molecule has 4 atom stereocenters. The van der Waals surface area contributed by atoms with Crippen LogP contribution in [-0.4, -0.2) is 36.8 Å². The van der Waals surface area contributed by atoms with Crippen molar-refractivity contribution in [3.05, 3.63) is 35.4 Å². The van der Waals surface area contributed by atoms with Crippen LogP contribution in [0.2, 0.25) is 0 Å². The normalized spacial score (nSPS) is 29.8. The molecule has 1 aliphatic heterocycles. The molecule has 1 aromatic carbocycles. The van der Waals surface area contributed by atoms with Gasteiger partial charge in [0.1, 0.15) is 0 Å². The summed E-state index contributed by atoms with van der Waals surface area (Å²) >= 11 is 0. The molecule has 1 saturated carbocycles. The van der Waals surface area contributed by atoms with Crippen LogP contribution in [0.15, 0.2) is 18.2 Å². The second-order valence-corrected chi connectivity index (χ2v) is 5.82. The molecule has 1 aliphatic carbocycles. The van der Waals surface area contributed by atoms with Crippen molar-refractivity contribution in [2.24, 2.45) is 11.8 Å². The molecular weight excluding hydrogens is 314 g/mol.